The average Bonchev–Trinajstić information content (AvgIpc) is 3.35. The first-order valence-electron chi connectivity index (χ1n) is 10.6. The molecule has 6 nitrogen and oxygen atoms in total. The minimum absolute atomic E-state index is 0.0160. The Morgan fingerprint density at radius 2 is 2.23 bits per heavy atom. The van der Waals surface area contributed by atoms with E-state index in [-0.39, 0.29) is 23.3 Å². The van der Waals surface area contributed by atoms with Crippen molar-refractivity contribution in [3.05, 3.63) is 50.6 Å². The molecule has 0 bridgehead atoms. The fraction of sp³-hybridized carbons (Fsp3) is 0.435. The molecule has 0 saturated carbocycles. The van der Waals surface area contributed by atoms with Crippen molar-refractivity contribution in [2.45, 2.75) is 57.8 Å². The first-order chi connectivity index (χ1) is 15.0. The van der Waals surface area contributed by atoms with Crippen LogP contribution in [-0.4, -0.2) is 33.9 Å². The van der Waals surface area contributed by atoms with Crippen molar-refractivity contribution in [3.63, 3.8) is 0 Å². The van der Waals surface area contributed by atoms with Gasteiger partial charge in [0.1, 0.15) is 4.83 Å². The molecule has 1 fully saturated rings. The van der Waals surface area contributed by atoms with Crippen LogP contribution in [0.25, 0.3) is 10.2 Å². The summed E-state index contributed by atoms with van der Waals surface area (Å²) in [4.78, 5) is 32.7. The number of amides is 1. The van der Waals surface area contributed by atoms with Crippen LogP contribution in [0.1, 0.15) is 35.8 Å². The topological polar surface area (TPSA) is 73.2 Å². The summed E-state index contributed by atoms with van der Waals surface area (Å²) in [6, 6.07) is 7.70. The van der Waals surface area contributed by atoms with Crippen LogP contribution in [0.2, 0.25) is 0 Å². The normalized spacial score (nSPS) is 16.2. The molecule has 1 aromatic carbocycles. The molecule has 1 saturated heterocycles. The van der Waals surface area contributed by atoms with Gasteiger partial charge in [0.25, 0.3) is 5.56 Å². The molecular formula is C23H27N3O3S2. The number of aryl methyl sites for hydroxylation is 3. The van der Waals surface area contributed by atoms with Gasteiger partial charge in [-0.25, -0.2) is 4.98 Å². The molecule has 31 heavy (non-hydrogen) atoms. The highest BCUT2D eigenvalue weighted by atomic mass is 32.2. The smallest absolute Gasteiger partial charge is 0.263 e. The van der Waals surface area contributed by atoms with E-state index in [0.29, 0.717) is 11.7 Å². The van der Waals surface area contributed by atoms with Gasteiger partial charge in [-0.05, 0) is 56.4 Å². The number of anilines is 1. The Kier molecular flexibility index (Phi) is 6.79. The predicted octanol–water partition coefficient (Wildman–Crippen LogP) is 4.55. The molecule has 164 valence electrons. The molecule has 2 aromatic heterocycles. The maximum Gasteiger partial charge on any atom is 0.263 e. The lowest BCUT2D eigenvalue weighted by atomic mass is 10.1. The number of nitrogens with zero attached hydrogens (tertiary/aromatic N) is 2. The minimum atomic E-state index is -0.120. The second-order valence-electron chi connectivity index (χ2n) is 7.82. The summed E-state index contributed by atoms with van der Waals surface area (Å²) in [5.74, 6) is 0.0628. The molecule has 1 aliphatic heterocycles. The lowest BCUT2D eigenvalue weighted by molar-refractivity contribution is -0.113. The summed E-state index contributed by atoms with van der Waals surface area (Å²) >= 11 is 2.86. The highest BCUT2D eigenvalue weighted by Gasteiger charge is 2.23. The largest absolute Gasteiger partial charge is 0.376 e. The Bertz CT molecular complexity index is 1160. The van der Waals surface area contributed by atoms with E-state index in [4.69, 9.17) is 9.72 Å². The number of thiophene rings is 1. The predicted molar refractivity (Wildman–Crippen MR) is 128 cm³/mol. The summed E-state index contributed by atoms with van der Waals surface area (Å²) in [5, 5.41) is 4.22. The Morgan fingerprint density at radius 1 is 1.39 bits per heavy atom. The maximum absolute atomic E-state index is 13.5. The van der Waals surface area contributed by atoms with Gasteiger partial charge >= 0.3 is 0 Å². The van der Waals surface area contributed by atoms with E-state index in [2.05, 4.69) is 12.2 Å². The number of rotatable bonds is 7. The van der Waals surface area contributed by atoms with Crippen LogP contribution in [0, 0.1) is 13.8 Å². The summed E-state index contributed by atoms with van der Waals surface area (Å²) in [5.41, 5.74) is 2.91. The Hall–Kier alpha value is -2.16. The van der Waals surface area contributed by atoms with Gasteiger partial charge in [0.05, 0.1) is 23.8 Å². The van der Waals surface area contributed by atoms with E-state index in [0.717, 1.165) is 57.8 Å². The number of carbonyl (C=O) groups is 1. The summed E-state index contributed by atoms with van der Waals surface area (Å²) in [7, 11) is 0. The fourth-order valence-electron chi connectivity index (χ4n) is 3.97. The van der Waals surface area contributed by atoms with Crippen molar-refractivity contribution in [3.8, 4) is 0 Å². The third-order valence-electron chi connectivity index (χ3n) is 5.48. The highest BCUT2D eigenvalue weighted by Crippen LogP contribution is 2.30. The van der Waals surface area contributed by atoms with Crippen molar-refractivity contribution in [1.82, 2.24) is 9.55 Å². The van der Waals surface area contributed by atoms with E-state index in [1.165, 1.54) is 11.8 Å². The number of thioether (sulfide) groups is 1. The molecule has 1 N–H and O–H groups in total. The van der Waals surface area contributed by atoms with Crippen LogP contribution < -0.4 is 10.9 Å². The standard InChI is InChI=1S/C23H27N3O3S2/c1-4-18-15(3)31-21-20(18)22(28)26(12-17-9-6-10-29-17)23(25-21)30-13-19(27)24-16-8-5-7-14(2)11-16/h5,7-8,11,17H,4,6,9-10,12-13H2,1-3H3,(H,24,27). The summed E-state index contributed by atoms with van der Waals surface area (Å²) in [6.45, 7) is 7.30. The van der Waals surface area contributed by atoms with E-state index < -0.39 is 0 Å². The van der Waals surface area contributed by atoms with Crippen LogP contribution >= 0.6 is 23.1 Å². The molecule has 1 unspecified atom stereocenters. The zero-order chi connectivity index (χ0) is 22.0. The van der Waals surface area contributed by atoms with Gasteiger partial charge in [0.2, 0.25) is 5.91 Å². The number of aromatic nitrogens is 2. The molecule has 8 heteroatoms. The van der Waals surface area contributed by atoms with Crippen molar-refractivity contribution in [2.24, 2.45) is 0 Å². The Morgan fingerprint density at radius 3 is 2.94 bits per heavy atom. The molecular weight excluding hydrogens is 430 g/mol. The molecule has 0 spiro atoms. The molecule has 1 atom stereocenters. The van der Waals surface area contributed by atoms with Gasteiger partial charge in [0.15, 0.2) is 5.16 Å². The minimum Gasteiger partial charge on any atom is -0.376 e. The molecule has 0 aliphatic carbocycles. The summed E-state index contributed by atoms with van der Waals surface area (Å²) < 4.78 is 7.50. The van der Waals surface area contributed by atoms with Crippen molar-refractivity contribution in [1.29, 1.82) is 0 Å². The van der Waals surface area contributed by atoms with Crippen LogP contribution in [0.3, 0.4) is 0 Å². The second kappa shape index (κ2) is 9.54. The zero-order valence-corrected chi connectivity index (χ0v) is 19.7. The zero-order valence-electron chi connectivity index (χ0n) is 18.1. The Labute approximate surface area is 190 Å². The van der Waals surface area contributed by atoms with Gasteiger partial charge < -0.3 is 10.1 Å². The maximum atomic E-state index is 13.5. The van der Waals surface area contributed by atoms with Crippen molar-refractivity contribution < 1.29 is 9.53 Å². The van der Waals surface area contributed by atoms with E-state index >= 15 is 0 Å². The van der Waals surface area contributed by atoms with Gasteiger partial charge in [-0.15, -0.1) is 11.3 Å². The lowest BCUT2D eigenvalue weighted by Crippen LogP contribution is -2.29. The first-order valence-corrected chi connectivity index (χ1v) is 12.4. The SMILES string of the molecule is CCc1c(C)sc2nc(SCC(=O)Nc3cccc(C)c3)n(CC3CCCO3)c(=O)c12. The highest BCUT2D eigenvalue weighted by molar-refractivity contribution is 7.99. The van der Waals surface area contributed by atoms with Crippen LogP contribution in [0.5, 0.6) is 0 Å². The fourth-order valence-corrected chi connectivity index (χ4v) is 5.93. The second-order valence-corrected chi connectivity index (χ2v) is 9.97. The van der Waals surface area contributed by atoms with E-state index in [1.807, 2.05) is 38.1 Å². The summed E-state index contributed by atoms with van der Waals surface area (Å²) in [6.07, 6.45) is 2.76. The number of ether oxygens (including phenoxy) is 1. The quantitative estimate of drug-likeness (QED) is 0.416. The van der Waals surface area contributed by atoms with Gasteiger partial charge in [-0.3, -0.25) is 14.2 Å². The molecule has 1 amide bonds. The number of benzene rings is 1. The first kappa shape index (κ1) is 22.0. The monoisotopic (exact) mass is 457 g/mol. The van der Waals surface area contributed by atoms with Crippen molar-refractivity contribution >= 4 is 44.9 Å². The number of hydrogen-bond acceptors (Lipinski definition) is 6. The number of hydrogen-bond donors (Lipinski definition) is 1. The van der Waals surface area contributed by atoms with Gasteiger partial charge in [-0.2, -0.15) is 0 Å². The Balaban J connectivity index is 1.61. The van der Waals surface area contributed by atoms with Crippen LogP contribution in [0.4, 0.5) is 5.69 Å². The van der Waals surface area contributed by atoms with Crippen molar-refractivity contribution in [2.75, 3.05) is 17.7 Å². The average molecular weight is 458 g/mol. The molecule has 4 rings (SSSR count). The number of nitrogens with one attached hydrogen (secondary N) is 1. The van der Waals surface area contributed by atoms with Gasteiger partial charge in [0, 0.05) is 17.2 Å². The molecule has 3 heterocycles. The van der Waals surface area contributed by atoms with E-state index in [1.54, 1.807) is 15.9 Å². The number of carbonyl (C=O) groups excluding carboxylic acids is 1. The molecule has 0 radical (unpaired) electrons. The van der Waals surface area contributed by atoms with E-state index in [9.17, 15) is 9.59 Å². The third kappa shape index (κ3) is 4.86. The number of fused-ring (bicyclic) bond motifs is 1. The van der Waals surface area contributed by atoms with Gasteiger partial charge in [-0.1, -0.05) is 30.8 Å². The third-order valence-corrected chi connectivity index (χ3v) is 7.49. The molecule has 1 aliphatic rings. The lowest BCUT2D eigenvalue weighted by Gasteiger charge is -2.16. The van der Waals surface area contributed by atoms with Crippen LogP contribution in [0.15, 0.2) is 34.2 Å². The van der Waals surface area contributed by atoms with Crippen LogP contribution in [-0.2, 0) is 22.5 Å². The molecule has 3 aromatic rings.